The first-order chi connectivity index (χ1) is 8.15. The van der Waals surface area contributed by atoms with Crippen molar-refractivity contribution in [1.82, 2.24) is 30.9 Å². The molecule has 0 aliphatic carbocycles. The van der Waals surface area contributed by atoms with E-state index in [0.29, 0.717) is 13.1 Å². The fourth-order valence-electron chi connectivity index (χ4n) is 1.18. The molecule has 0 spiro atoms. The third-order valence-electron chi connectivity index (χ3n) is 1.99. The van der Waals surface area contributed by atoms with Gasteiger partial charge < -0.3 is 10.6 Å². The van der Waals surface area contributed by atoms with Gasteiger partial charge in [0.1, 0.15) is 0 Å². The lowest BCUT2D eigenvalue weighted by molar-refractivity contribution is -0.120. The Kier molecular flexibility index (Phi) is 5.08. The fourth-order valence-corrected chi connectivity index (χ4v) is 1.18. The SMILES string of the molecule is CNCc1cn(CCC(=O)NC(=O)NC)nn1. The molecule has 0 radical (unpaired) electrons. The van der Waals surface area contributed by atoms with Crippen LogP contribution in [0.25, 0.3) is 0 Å². The quantitative estimate of drug-likeness (QED) is 0.603. The number of carbonyl (C=O) groups excluding carboxylic acids is 2. The van der Waals surface area contributed by atoms with Crippen LogP contribution in [0.15, 0.2) is 6.20 Å². The van der Waals surface area contributed by atoms with Crippen LogP contribution in [-0.4, -0.2) is 41.0 Å². The summed E-state index contributed by atoms with van der Waals surface area (Å²) in [6, 6.07) is -0.510. The van der Waals surface area contributed by atoms with E-state index in [1.165, 1.54) is 7.05 Å². The largest absolute Gasteiger partial charge is 0.341 e. The topological polar surface area (TPSA) is 101 Å². The summed E-state index contributed by atoms with van der Waals surface area (Å²) in [6.07, 6.45) is 1.93. The Morgan fingerprint density at radius 1 is 1.41 bits per heavy atom. The minimum atomic E-state index is -0.510. The van der Waals surface area contributed by atoms with Crippen molar-refractivity contribution in [2.45, 2.75) is 19.5 Å². The minimum Gasteiger partial charge on any atom is -0.341 e. The van der Waals surface area contributed by atoms with Crippen molar-refractivity contribution in [2.75, 3.05) is 14.1 Å². The molecule has 0 aliphatic rings. The van der Waals surface area contributed by atoms with Crippen LogP contribution in [0.3, 0.4) is 0 Å². The van der Waals surface area contributed by atoms with Gasteiger partial charge in [-0.1, -0.05) is 5.21 Å². The molecule has 0 aromatic carbocycles. The Balaban J connectivity index is 2.34. The highest BCUT2D eigenvalue weighted by molar-refractivity contribution is 5.94. The predicted octanol–water partition coefficient (Wildman–Crippen LogP) is -1.16. The molecule has 8 heteroatoms. The van der Waals surface area contributed by atoms with Gasteiger partial charge in [-0.2, -0.15) is 0 Å². The number of imide groups is 1. The molecular weight excluding hydrogens is 224 g/mol. The highest BCUT2D eigenvalue weighted by atomic mass is 16.2. The summed E-state index contributed by atoms with van der Waals surface area (Å²) in [5.41, 5.74) is 0.805. The number of rotatable bonds is 5. The van der Waals surface area contributed by atoms with Gasteiger partial charge in [0.2, 0.25) is 5.91 Å². The van der Waals surface area contributed by atoms with Crippen LogP contribution in [-0.2, 0) is 17.9 Å². The van der Waals surface area contributed by atoms with E-state index < -0.39 is 6.03 Å². The van der Waals surface area contributed by atoms with E-state index in [9.17, 15) is 9.59 Å². The molecule has 1 heterocycles. The Morgan fingerprint density at radius 2 is 2.18 bits per heavy atom. The van der Waals surface area contributed by atoms with Gasteiger partial charge >= 0.3 is 6.03 Å². The molecule has 0 unspecified atom stereocenters. The van der Waals surface area contributed by atoms with Gasteiger partial charge in [0, 0.05) is 26.2 Å². The minimum absolute atomic E-state index is 0.176. The van der Waals surface area contributed by atoms with E-state index in [1.54, 1.807) is 10.9 Å². The second-order valence-electron chi connectivity index (χ2n) is 3.38. The van der Waals surface area contributed by atoms with Crippen molar-refractivity contribution in [2.24, 2.45) is 0 Å². The van der Waals surface area contributed by atoms with Crippen molar-refractivity contribution in [1.29, 1.82) is 0 Å². The predicted molar refractivity (Wildman–Crippen MR) is 60.0 cm³/mol. The smallest absolute Gasteiger partial charge is 0.321 e. The fraction of sp³-hybridized carbons (Fsp3) is 0.556. The molecule has 0 bridgehead atoms. The third-order valence-corrected chi connectivity index (χ3v) is 1.99. The summed E-state index contributed by atoms with van der Waals surface area (Å²) >= 11 is 0. The summed E-state index contributed by atoms with van der Waals surface area (Å²) in [7, 11) is 3.26. The molecule has 17 heavy (non-hydrogen) atoms. The summed E-state index contributed by atoms with van der Waals surface area (Å²) in [6.45, 7) is 1.02. The molecule has 1 aromatic rings. The van der Waals surface area contributed by atoms with Crippen LogP contribution in [0.5, 0.6) is 0 Å². The second kappa shape index (κ2) is 6.59. The van der Waals surface area contributed by atoms with Gasteiger partial charge in [-0.05, 0) is 7.05 Å². The molecule has 3 amide bonds. The number of hydrogen-bond donors (Lipinski definition) is 3. The van der Waals surface area contributed by atoms with Crippen molar-refractivity contribution in [3.8, 4) is 0 Å². The number of aromatic nitrogens is 3. The Morgan fingerprint density at radius 3 is 2.82 bits per heavy atom. The average molecular weight is 240 g/mol. The van der Waals surface area contributed by atoms with Crippen LogP contribution in [0.2, 0.25) is 0 Å². The number of nitrogens with one attached hydrogen (secondary N) is 3. The maximum Gasteiger partial charge on any atom is 0.321 e. The molecule has 8 nitrogen and oxygen atoms in total. The van der Waals surface area contributed by atoms with Crippen molar-refractivity contribution in [3.63, 3.8) is 0 Å². The second-order valence-corrected chi connectivity index (χ2v) is 3.38. The van der Waals surface area contributed by atoms with Crippen molar-refractivity contribution < 1.29 is 9.59 Å². The lowest BCUT2D eigenvalue weighted by atomic mass is 10.4. The van der Waals surface area contributed by atoms with Gasteiger partial charge in [-0.15, -0.1) is 5.10 Å². The molecule has 0 saturated heterocycles. The zero-order chi connectivity index (χ0) is 12.7. The van der Waals surface area contributed by atoms with Gasteiger partial charge in [0.15, 0.2) is 0 Å². The number of amides is 3. The normalized spacial score (nSPS) is 10.0. The molecule has 0 fully saturated rings. The van der Waals surface area contributed by atoms with Gasteiger partial charge in [0.25, 0.3) is 0 Å². The molecule has 0 aliphatic heterocycles. The maximum absolute atomic E-state index is 11.3. The Hall–Kier alpha value is -1.96. The molecule has 0 atom stereocenters. The van der Waals surface area contributed by atoms with E-state index in [2.05, 4.69) is 26.3 Å². The number of nitrogens with zero attached hydrogens (tertiary/aromatic N) is 3. The molecular formula is C9H16N6O2. The Labute approximate surface area is 98.8 Å². The highest BCUT2D eigenvalue weighted by Crippen LogP contribution is 1.94. The lowest BCUT2D eigenvalue weighted by Crippen LogP contribution is -2.37. The zero-order valence-corrected chi connectivity index (χ0v) is 9.86. The zero-order valence-electron chi connectivity index (χ0n) is 9.86. The van der Waals surface area contributed by atoms with Gasteiger partial charge in [-0.25, -0.2) is 4.79 Å². The van der Waals surface area contributed by atoms with E-state index in [1.807, 2.05) is 7.05 Å². The molecule has 1 rings (SSSR count). The monoisotopic (exact) mass is 240 g/mol. The molecule has 0 saturated carbocycles. The molecule has 1 aromatic heterocycles. The third kappa shape index (κ3) is 4.60. The van der Waals surface area contributed by atoms with E-state index in [-0.39, 0.29) is 12.3 Å². The lowest BCUT2D eigenvalue weighted by Gasteiger charge is -2.02. The van der Waals surface area contributed by atoms with Crippen LogP contribution >= 0.6 is 0 Å². The maximum atomic E-state index is 11.3. The Bertz CT molecular complexity index is 389. The average Bonchev–Trinajstić information content (AvgIpc) is 2.74. The van der Waals surface area contributed by atoms with Crippen molar-refractivity contribution in [3.05, 3.63) is 11.9 Å². The van der Waals surface area contributed by atoms with Crippen LogP contribution in [0, 0.1) is 0 Å². The first kappa shape index (κ1) is 13.1. The molecule has 94 valence electrons. The summed E-state index contributed by atoms with van der Waals surface area (Å²) in [5.74, 6) is -0.352. The highest BCUT2D eigenvalue weighted by Gasteiger charge is 2.06. The van der Waals surface area contributed by atoms with Crippen molar-refractivity contribution >= 4 is 11.9 Å². The number of urea groups is 1. The van der Waals surface area contributed by atoms with Crippen LogP contribution in [0.1, 0.15) is 12.1 Å². The van der Waals surface area contributed by atoms with Gasteiger partial charge in [0.05, 0.1) is 12.2 Å². The van der Waals surface area contributed by atoms with E-state index in [0.717, 1.165) is 5.69 Å². The summed E-state index contributed by atoms with van der Waals surface area (Å²) < 4.78 is 1.57. The summed E-state index contributed by atoms with van der Waals surface area (Å²) in [4.78, 5) is 22.1. The first-order valence-electron chi connectivity index (χ1n) is 5.21. The number of carbonyl (C=O) groups is 2. The van der Waals surface area contributed by atoms with E-state index in [4.69, 9.17) is 0 Å². The molecule has 3 N–H and O–H groups in total. The number of hydrogen-bond acceptors (Lipinski definition) is 5. The standard InChI is InChI=1S/C9H16N6O2/c1-10-5-7-6-15(14-13-7)4-3-8(16)12-9(17)11-2/h6,10H,3-5H2,1-2H3,(H2,11,12,16,17). The number of aryl methyl sites for hydroxylation is 1. The summed E-state index contributed by atoms with van der Waals surface area (Å²) in [5, 5.41) is 15.2. The van der Waals surface area contributed by atoms with Gasteiger partial charge in [-0.3, -0.25) is 14.8 Å². The van der Waals surface area contributed by atoms with Crippen LogP contribution < -0.4 is 16.0 Å². The first-order valence-corrected chi connectivity index (χ1v) is 5.21. The van der Waals surface area contributed by atoms with E-state index >= 15 is 0 Å². The van der Waals surface area contributed by atoms with Crippen LogP contribution in [0.4, 0.5) is 4.79 Å².